The van der Waals surface area contributed by atoms with Gasteiger partial charge in [-0.2, -0.15) is 9.78 Å². The fraction of sp³-hybridized carbons (Fsp3) is 0.0625. The van der Waals surface area contributed by atoms with Crippen LogP contribution in [0.3, 0.4) is 0 Å². The van der Waals surface area contributed by atoms with Gasteiger partial charge in [0.15, 0.2) is 0 Å². The number of rotatable bonds is 2. The summed E-state index contributed by atoms with van der Waals surface area (Å²) in [5.74, 6) is -0.626. The van der Waals surface area contributed by atoms with Crippen molar-refractivity contribution in [1.82, 2.24) is 9.78 Å². The smallest absolute Gasteiger partial charge is 0.252 e. The molecule has 0 N–H and O–H groups in total. The zero-order valence-corrected chi connectivity index (χ0v) is 12.3. The third-order valence-corrected chi connectivity index (χ3v) is 3.54. The average molecular weight is 317 g/mol. The Morgan fingerprint density at radius 3 is 2.41 bits per heavy atom. The summed E-state index contributed by atoms with van der Waals surface area (Å²) in [5, 5.41) is 4.29. The highest BCUT2D eigenvalue weighted by Crippen LogP contribution is 2.29. The number of aromatic nitrogens is 2. The Kier molecular flexibility index (Phi) is 3.50. The SMILES string of the molecule is CC(=O)n1nc(-c2ccc(F)cc2)c2cc(C(=O)Cl)ccc21. The standard InChI is InChI=1S/C16H10ClFN2O2/c1-9(21)20-14-7-4-11(16(17)22)8-13(14)15(19-20)10-2-5-12(18)6-3-10/h2-8H,1H3. The molecule has 0 saturated carbocycles. The minimum Gasteiger partial charge on any atom is -0.276 e. The second-order valence-corrected chi connectivity index (χ2v) is 5.14. The van der Waals surface area contributed by atoms with Gasteiger partial charge in [0, 0.05) is 23.4 Å². The zero-order chi connectivity index (χ0) is 15.9. The Labute approximate surface area is 130 Å². The van der Waals surface area contributed by atoms with Crippen LogP contribution in [0.5, 0.6) is 0 Å². The number of hydrogen-bond acceptors (Lipinski definition) is 3. The van der Waals surface area contributed by atoms with Gasteiger partial charge in [-0.3, -0.25) is 9.59 Å². The van der Waals surface area contributed by atoms with E-state index in [1.54, 1.807) is 24.3 Å². The molecule has 0 unspecified atom stereocenters. The first kappa shape index (κ1) is 14.4. The topological polar surface area (TPSA) is 52.0 Å². The van der Waals surface area contributed by atoms with Crippen LogP contribution in [0.2, 0.25) is 0 Å². The lowest BCUT2D eigenvalue weighted by atomic mass is 10.1. The summed E-state index contributed by atoms with van der Waals surface area (Å²) in [6.07, 6.45) is 0. The van der Waals surface area contributed by atoms with E-state index < -0.39 is 5.24 Å². The molecule has 6 heteroatoms. The number of fused-ring (bicyclic) bond motifs is 1. The van der Waals surface area contributed by atoms with E-state index >= 15 is 0 Å². The molecular formula is C16H10ClFN2O2. The zero-order valence-electron chi connectivity index (χ0n) is 11.5. The van der Waals surface area contributed by atoms with Crippen LogP contribution < -0.4 is 0 Å². The highest BCUT2D eigenvalue weighted by atomic mass is 35.5. The summed E-state index contributed by atoms with van der Waals surface area (Å²) < 4.78 is 14.3. The van der Waals surface area contributed by atoms with E-state index in [2.05, 4.69) is 5.10 Å². The van der Waals surface area contributed by atoms with Crippen molar-refractivity contribution in [1.29, 1.82) is 0 Å². The van der Waals surface area contributed by atoms with Gasteiger partial charge in [0.2, 0.25) is 5.91 Å². The molecule has 0 fully saturated rings. The lowest BCUT2D eigenvalue weighted by Gasteiger charge is -1.99. The van der Waals surface area contributed by atoms with Crippen LogP contribution in [0.25, 0.3) is 22.2 Å². The van der Waals surface area contributed by atoms with Gasteiger partial charge in [0.1, 0.15) is 11.5 Å². The molecule has 22 heavy (non-hydrogen) atoms. The van der Waals surface area contributed by atoms with Crippen molar-refractivity contribution in [3.05, 3.63) is 53.8 Å². The van der Waals surface area contributed by atoms with Crippen LogP contribution >= 0.6 is 11.6 Å². The minimum absolute atomic E-state index is 0.261. The summed E-state index contributed by atoms with van der Waals surface area (Å²) in [4.78, 5) is 23.1. The first-order valence-corrected chi connectivity index (χ1v) is 6.84. The molecule has 110 valence electrons. The van der Waals surface area contributed by atoms with Gasteiger partial charge in [-0.05, 0) is 54.1 Å². The van der Waals surface area contributed by atoms with Crippen LogP contribution in [0, 0.1) is 5.82 Å². The van der Waals surface area contributed by atoms with Crippen LogP contribution in [0.1, 0.15) is 22.1 Å². The lowest BCUT2D eigenvalue weighted by Crippen LogP contribution is -2.07. The minimum atomic E-state index is -0.595. The van der Waals surface area contributed by atoms with Gasteiger partial charge < -0.3 is 0 Å². The Morgan fingerprint density at radius 2 is 1.82 bits per heavy atom. The van der Waals surface area contributed by atoms with Gasteiger partial charge in [-0.25, -0.2) is 4.39 Å². The summed E-state index contributed by atoms with van der Waals surface area (Å²) in [5.41, 5.74) is 2.00. The number of halogens is 2. The maximum atomic E-state index is 13.1. The van der Waals surface area contributed by atoms with Gasteiger partial charge in [-0.1, -0.05) is 0 Å². The van der Waals surface area contributed by atoms with Crippen molar-refractivity contribution >= 4 is 33.7 Å². The number of benzene rings is 2. The molecule has 3 aromatic rings. The predicted molar refractivity (Wildman–Crippen MR) is 81.6 cm³/mol. The quantitative estimate of drug-likeness (QED) is 0.674. The van der Waals surface area contributed by atoms with E-state index in [0.717, 1.165) is 0 Å². The summed E-state index contributed by atoms with van der Waals surface area (Å²) >= 11 is 5.51. The maximum absolute atomic E-state index is 13.1. The fourth-order valence-electron chi connectivity index (χ4n) is 2.30. The molecule has 2 aromatic carbocycles. The molecule has 0 saturated heterocycles. The molecule has 4 nitrogen and oxygen atoms in total. The van der Waals surface area contributed by atoms with Gasteiger partial charge in [0.25, 0.3) is 5.24 Å². The van der Waals surface area contributed by atoms with E-state index in [4.69, 9.17) is 11.6 Å². The molecule has 0 aliphatic heterocycles. The van der Waals surface area contributed by atoms with Crippen LogP contribution in [0.15, 0.2) is 42.5 Å². The third kappa shape index (κ3) is 2.40. The number of carbonyl (C=O) groups excluding carboxylic acids is 2. The Morgan fingerprint density at radius 1 is 1.14 bits per heavy atom. The fourth-order valence-corrected chi connectivity index (χ4v) is 2.42. The first-order chi connectivity index (χ1) is 10.5. The third-order valence-electron chi connectivity index (χ3n) is 3.32. The van der Waals surface area contributed by atoms with Crippen molar-refractivity contribution in [2.75, 3.05) is 0 Å². The average Bonchev–Trinajstić information content (AvgIpc) is 2.87. The molecule has 0 amide bonds. The maximum Gasteiger partial charge on any atom is 0.252 e. The summed E-state index contributed by atoms with van der Waals surface area (Å²) in [7, 11) is 0. The van der Waals surface area contributed by atoms with Gasteiger partial charge in [-0.15, -0.1) is 0 Å². The van der Waals surface area contributed by atoms with E-state index in [0.29, 0.717) is 27.7 Å². The molecule has 0 aliphatic carbocycles. The van der Waals surface area contributed by atoms with Crippen LogP contribution in [-0.4, -0.2) is 20.9 Å². The van der Waals surface area contributed by atoms with Crippen LogP contribution in [-0.2, 0) is 0 Å². The molecule has 3 rings (SSSR count). The molecule has 0 spiro atoms. The van der Waals surface area contributed by atoms with Gasteiger partial charge >= 0.3 is 0 Å². The summed E-state index contributed by atoms with van der Waals surface area (Å²) in [6.45, 7) is 1.39. The molecule has 0 atom stereocenters. The van der Waals surface area contributed by atoms with E-state index in [1.165, 1.54) is 29.8 Å². The Hall–Kier alpha value is -2.53. The molecule has 0 aliphatic rings. The lowest BCUT2D eigenvalue weighted by molar-refractivity contribution is 0.0926. The largest absolute Gasteiger partial charge is 0.276 e. The normalized spacial score (nSPS) is 10.9. The van der Waals surface area contributed by atoms with Crippen molar-refractivity contribution in [2.45, 2.75) is 6.92 Å². The molecule has 1 aromatic heterocycles. The number of carbonyl (C=O) groups is 2. The van der Waals surface area contributed by atoms with E-state index in [9.17, 15) is 14.0 Å². The summed E-state index contributed by atoms with van der Waals surface area (Å²) in [6, 6.07) is 10.5. The predicted octanol–water partition coefficient (Wildman–Crippen LogP) is 3.88. The van der Waals surface area contributed by atoms with Crippen LogP contribution in [0.4, 0.5) is 4.39 Å². The van der Waals surface area contributed by atoms with Crippen molar-refractivity contribution in [3.63, 3.8) is 0 Å². The first-order valence-electron chi connectivity index (χ1n) is 6.47. The second-order valence-electron chi connectivity index (χ2n) is 4.79. The Balaban J connectivity index is 2.32. The molecular weight excluding hydrogens is 307 g/mol. The van der Waals surface area contributed by atoms with E-state index in [1.807, 2.05) is 0 Å². The number of nitrogens with zero attached hydrogens (tertiary/aromatic N) is 2. The monoisotopic (exact) mass is 316 g/mol. The van der Waals surface area contributed by atoms with Crippen molar-refractivity contribution < 1.29 is 14.0 Å². The molecule has 0 bridgehead atoms. The van der Waals surface area contributed by atoms with Crippen molar-refractivity contribution in [3.8, 4) is 11.3 Å². The molecule has 1 heterocycles. The van der Waals surface area contributed by atoms with Crippen molar-refractivity contribution in [2.24, 2.45) is 0 Å². The molecule has 0 radical (unpaired) electrons. The second kappa shape index (κ2) is 5.35. The highest BCUT2D eigenvalue weighted by Gasteiger charge is 2.16. The number of hydrogen-bond donors (Lipinski definition) is 0. The highest BCUT2D eigenvalue weighted by molar-refractivity contribution is 6.67. The van der Waals surface area contributed by atoms with E-state index in [-0.39, 0.29) is 11.7 Å². The Bertz CT molecular complexity index is 900. The van der Waals surface area contributed by atoms with Gasteiger partial charge in [0.05, 0.1) is 5.52 Å².